The molecule has 1 saturated carbocycles. The number of rotatable bonds is 9. The van der Waals surface area contributed by atoms with Gasteiger partial charge in [0.25, 0.3) is 0 Å². The highest BCUT2D eigenvalue weighted by Crippen LogP contribution is 2.29. The highest BCUT2D eigenvalue weighted by molar-refractivity contribution is 7.85. The fourth-order valence-electron chi connectivity index (χ4n) is 2.43. The summed E-state index contributed by atoms with van der Waals surface area (Å²) in [7, 11) is -0.935. The molecule has 1 unspecified atom stereocenters. The second-order valence-corrected chi connectivity index (χ2v) is 8.56. The van der Waals surface area contributed by atoms with Gasteiger partial charge in [0, 0.05) is 10.6 Å². The minimum Gasteiger partial charge on any atom is -0.493 e. The molecule has 1 aliphatic carbocycles. The SMILES string of the molecule is CC(C)CS(=O)c1ccc(OCc2ccc(OCC3CC3)cc2)cc1. The zero-order valence-corrected chi connectivity index (χ0v) is 15.8. The summed E-state index contributed by atoms with van der Waals surface area (Å²) in [5.41, 5.74) is 1.10. The van der Waals surface area contributed by atoms with Crippen molar-refractivity contribution < 1.29 is 13.7 Å². The van der Waals surface area contributed by atoms with Gasteiger partial charge in [-0.2, -0.15) is 0 Å². The van der Waals surface area contributed by atoms with E-state index in [1.165, 1.54) is 12.8 Å². The summed E-state index contributed by atoms with van der Waals surface area (Å²) in [6.45, 7) is 5.51. The quantitative estimate of drug-likeness (QED) is 0.645. The Bertz CT molecular complexity index is 688. The number of benzene rings is 2. The first-order valence-corrected chi connectivity index (χ1v) is 10.2. The van der Waals surface area contributed by atoms with E-state index in [0.29, 0.717) is 18.3 Å². The second-order valence-electron chi connectivity index (χ2n) is 7.06. The molecule has 2 aromatic carbocycles. The summed E-state index contributed by atoms with van der Waals surface area (Å²) in [5.74, 6) is 3.59. The first kappa shape index (κ1) is 18.0. The molecule has 0 N–H and O–H groups in total. The zero-order chi connectivity index (χ0) is 17.6. The molecule has 3 nitrogen and oxygen atoms in total. The third-order valence-electron chi connectivity index (χ3n) is 4.08. The largest absolute Gasteiger partial charge is 0.493 e. The Morgan fingerprint density at radius 1 is 0.960 bits per heavy atom. The van der Waals surface area contributed by atoms with E-state index in [4.69, 9.17) is 9.47 Å². The van der Waals surface area contributed by atoms with Crippen molar-refractivity contribution in [2.45, 2.75) is 38.2 Å². The first-order valence-electron chi connectivity index (χ1n) is 8.93. The van der Waals surface area contributed by atoms with Gasteiger partial charge < -0.3 is 9.47 Å². The van der Waals surface area contributed by atoms with Crippen LogP contribution in [0.2, 0.25) is 0 Å². The van der Waals surface area contributed by atoms with E-state index in [9.17, 15) is 4.21 Å². The van der Waals surface area contributed by atoms with Gasteiger partial charge in [-0.25, -0.2) is 0 Å². The highest BCUT2D eigenvalue weighted by atomic mass is 32.2. The van der Waals surface area contributed by atoms with Crippen molar-refractivity contribution in [3.8, 4) is 11.5 Å². The molecule has 0 radical (unpaired) electrons. The highest BCUT2D eigenvalue weighted by Gasteiger charge is 2.21. The average molecular weight is 359 g/mol. The molecule has 0 saturated heterocycles. The third-order valence-corrected chi connectivity index (χ3v) is 5.85. The maximum absolute atomic E-state index is 12.1. The standard InChI is InChI=1S/C21H26O3S/c1-16(2)15-25(22)21-11-9-20(10-12-21)24-14-18-5-7-19(8-6-18)23-13-17-3-4-17/h5-12,16-17H,3-4,13-15H2,1-2H3. The molecule has 1 atom stereocenters. The Hall–Kier alpha value is -1.81. The van der Waals surface area contributed by atoms with Crippen LogP contribution < -0.4 is 9.47 Å². The minimum atomic E-state index is -0.935. The first-order chi connectivity index (χ1) is 12.1. The van der Waals surface area contributed by atoms with Gasteiger partial charge in [-0.05, 0) is 66.6 Å². The van der Waals surface area contributed by atoms with Crippen molar-refractivity contribution in [3.63, 3.8) is 0 Å². The Morgan fingerprint density at radius 3 is 2.16 bits per heavy atom. The van der Waals surface area contributed by atoms with Crippen LogP contribution in [0.5, 0.6) is 11.5 Å². The van der Waals surface area contributed by atoms with Gasteiger partial charge in [-0.15, -0.1) is 0 Å². The summed E-state index contributed by atoms with van der Waals surface area (Å²) in [6, 6.07) is 15.6. The fourth-order valence-corrected chi connectivity index (χ4v) is 3.67. The van der Waals surface area contributed by atoms with E-state index in [-0.39, 0.29) is 0 Å². The normalized spacial score (nSPS) is 15.2. The average Bonchev–Trinajstić information content (AvgIpc) is 3.43. The Balaban J connectivity index is 1.48. The van der Waals surface area contributed by atoms with Gasteiger partial charge in [0.05, 0.1) is 17.4 Å². The van der Waals surface area contributed by atoms with Gasteiger partial charge in [0.2, 0.25) is 0 Å². The summed E-state index contributed by atoms with van der Waals surface area (Å²) in [4.78, 5) is 0.859. The molecule has 0 heterocycles. The van der Waals surface area contributed by atoms with Crippen LogP contribution in [0.25, 0.3) is 0 Å². The molecule has 0 aliphatic heterocycles. The van der Waals surface area contributed by atoms with Crippen LogP contribution in [-0.4, -0.2) is 16.6 Å². The Labute approximate surface area is 152 Å². The number of hydrogen-bond acceptors (Lipinski definition) is 3. The summed E-state index contributed by atoms with van der Waals surface area (Å²) in [6.07, 6.45) is 2.60. The number of hydrogen-bond donors (Lipinski definition) is 0. The fraction of sp³-hybridized carbons (Fsp3) is 0.429. The van der Waals surface area contributed by atoms with Crippen LogP contribution in [0.1, 0.15) is 32.3 Å². The Morgan fingerprint density at radius 2 is 1.56 bits per heavy atom. The van der Waals surface area contributed by atoms with Gasteiger partial charge in [-0.3, -0.25) is 4.21 Å². The van der Waals surface area contributed by atoms with Crippen LogP contribution in [0.3, 0.4) is 0 Å². The van der Waals surface area contributed by atoms with E-state index < -0.39 is 10.8 Å². The minimum absolute atomic E-state index is 0.424. The molecule has 2 aromatic rings. The maximum atomic E-state index is 12.1. The molecule has 0 bridgehead atoms. The molecule has 0 amide bonds. The van der Waals surface area contributed by atoms with Gasteiger partial charge in [0.15, 0.2) is 0 Å². The van der Waals surface area contributed by atoms with Crippen molar-refractivity contribution in [1.29, 1.82) is 0 Å². The molecule has 0 aromatic heterocycles. The molecule has 3 rings (SSSR count). The molecule has 25 heavy (non-hydrogen) atoms. The van der Waals surface area contributed by atoms with Crippen molar-refractivity contribution in [1.82, 2.24) is 0 Å². The third kappa shape index (κ3) is 5.89. The topological polar surface area (TPSA) is 35.5 Å². The van der Waals surface area contributed by atoms with Crippen molar-refractivity contribution in [2.24, 2.45) is 11.8 Å². The van der Waals surface area contributed by atoms with E-state index in [1.807, 2.05) is 48.5 Å². The van der Waals surface area contributed by atoms with Crippen LogP contribution in [0.4, 0.5) is 0 Å². The van der Waals surface area contributed by atoms with Gasteiger partial charge in [0.1, 0.15) is 18.1 Å². The Kier molecular flexibility index (Phi) is 6.14. The zero-order valence-electron chi connectivity index (χ0n) is 14.9. The molecule has 134 valence electrons. The molecule has 0 spiro atoms. The lowest BCUT2D eigenvalue weighted by atomic mass is 10.2. The lowest BCUT2D eigenvalue weighted by Crippen LogP contribution is -2.04. The second kappa shape index (κ2) is 8.52. The summed E-state index contributed by atoms with van der Waals surface area (Å²) < 4.78 is 23.7. The van der Waals surface area contributed by atoms with Crippen molar-refractivity contribution in [2.75, 3.05) is 12.4 Å². The lowest BCUT2D eigenvalue weighted by molar-refractivity contribution is 0.297. The van der Waals surface area contributed by atoms with Crippen molar-refractivity contribution >= 4 is 10.8 Å². The molecular weight excluding hydrogens is 332 g/mol. The van der Waals surface area contributed by atoms with Crippen molar-refractivity contribution in [3.05, 3.63) is 54.1 Å². The van der Waals surface area contributed by atoms with E-state index in [1.54, 1.807) is 0 Å². The van der Waals surface area contributed by atoms with Gasteiger partial charge >= 0.3 is 0 Å². The predicted octanol–water partition coefficient (Wildman–Crippen LogP) is 4.82. The van der Waals surface area contributed by atoms with E-state index in [0.717, 1.165) is 34.5 Å². The van der Waals surface area contributed by atoms with E-state index >= 15 is 0 Å². The summed E-state index contributed by atoms with van der Waals surface area (Å²) >= 11 is 0. The number of ether oxygens (including phenoxy) is 2. The maximum Gasteiger partial charge on any atom is 0.119 e. The van der Waals surface area contributed by atoms with Crippen LogP contribution in [0, 0.1) is 11.8 Å². The van der Waals surface area contributed by atoms with Crippen LogP contribution in [-0.2, 0) is 17.4 Å². The molecule has 4 heteroatoms. The molecule has 1 aliphatic rings. The van der Waals surface area contributed by atoms with Crippen LogP contribution >= 0.6 is 0 Å². The smallest absolute Gasteiger partial charge is 0.119 e. The predicted molar refractivity (Wildman–Crippen MR) is 102 cm³/mol. The molecular formula is C21H26O3S. The van der Waals surface area contributed by atoms with E-state index in [2.05, 4.69) is 13.8 Å². The summed E-state index contributed by atoms with van der Waals surface area (Å²) in [5, 5.41) is 0. The lowest BCUT2D eigenvalue weighted by Gasteiger charge is -2.09. The monoisotopic (exact) mass is 358 g/mol. The van der Waals surface area contributed by atoms with Crippen LogP contribution in [0.15, 0.2) is 53.4 Å². The molecule has 1 fully saturated rings. The van der Waals surface area contributed by atoms with Gasteiger partial charge in [-0.1, -0.05) is 26.0 Å².